The molecule has 6 heteroatoms. The van der Waals surface area contributed by atoms with Crippen molar-refractivity contribution in [1.29, 1.82) is 0 Å². The molecule has 0 aliphatic carbocycles. The summed E-state index contributed by atoms with van der Waals surface area (Å²) >= 11 is 0. The number of hydrogen-bond acceptors (Lipinski definition) is 4. The molecule has 0 saturated heterocycles. The Hall–Kier alpha value is -1.72. The zero-order valence-electron chi connectivity index (χ0n) is 9.37. The highest BCUT2D eigenvalue weighted by Crippen LogP contribution is 2.13. The van der Waals surface area contributed by atoms with Crippen LogP contribution in [0.25, 0.3) is 0 Å². The SMILES string of the molecule is Cn1nc(N)cc1NC(=O)OC(C)(C)C. The first-order valence-electron chi connectivity index (χ1n) is 4.57. The topological polar surface area (TPSA) is 82.2 Å². The van der Waals surface area contributed by atoms with Crippen LogP contribution < -0.4 is 11.1 Å². The monoisotopic (exact) mass is 212 g/mol. The summed E-state index contributed by atoms with van der Waals surface area (Å²) in [6.07, 6.45) is -0.523. The van der Waals surface area contributed by atoms with Crippen molar-refractivity contribution in [2.75, 3.05) is 11.1 Å². The van der Waals surface area contributed by atoms with E-state index in [2.05, 4.69) is 10.4 Å². The van der Waals surface area contributed by atoms with E-state index in [1.165, 1.54) is 4.68 Å². The summed E-state index contributed by atoms with van der Waals surface area (Å²) < 4.78 is 6.55. The summed E-state index contributed by atoms with van der Waals surface area (Å²) in [6, 6.07) is 1.56. The van der Waals surface area contributed by atoms with E-state index in [-0.39, 0.29) is 0 Å². The highest BCUT2D eigenvalue weighted by Gasteiger charge is 2.17. The standard InChI is InChI=1S/C9H16N4O2/c1-9(2,3)15-8(14)11-7-5-6(10)12-13(7)4/h5H,1-4H3,(H2,10,12)(H,11,14). The smallest absolute Gasteiger partial charge is 0.413 e. The molecule has 1 heterocycles. The molecule has 1 aromatic rings. The summed E-state index contributed by atoms with van der Waals surface area (Å²) in [5.41, 5.74) is 4.94. The van der Waals surface area contributed by atoms with Crippen molar-refractivity contribution in [2.45, 2.75) is 26.4 Å². The van der Waals surface area contributed by atoms with Gasteiger partial charge in [0.25, 0.3) is 0 Å². The first kappa shape index (κ1) is 11.4. The molecular formula is C9H16N4O2. The number of rotatable bonds is 1. The largest absolute Gasteiger partial charge is 0.444 e. The Morgan fingerprint density at radius 1 is 1.60 bits per heavy atom. The number of nitrogens with two attached hydrogens (primary N) is 1. The minimum absolute atomic E-state index is 0.351. The predicted octanol–water partition coefficient (Wildman–Crippen LogP) is 1.35. The average Bonchev–Trinajstić information content (AvgIpc) is 2.25. The van der Waals surface area contributed by atoms with Crippen molar-refractivity contribution >= 4 is 17.7 Å². The third-order valence-corrected chi connectivity index (χ3v) is 1.53. The number of nitrogens with zero attached hydrogens (tertiary/aromatic N) is 2. The normalized spacial score (nSPS) is 11.2. The summed E-state index contributed by atoms with van der Waals surface area (Å²) in [5, 5.41) is 6.43. The molecule has 0 unspecified atom stereocenters. The van der Waals surface area contributed by atoms with Crippen LogP contribution in [0.1, 0.15) is 20.8 Å². The number of aryl methyl sites for hydroxylation is 1. The molecule has 0 aromatic carbocycles. The van der Waals surface area contributed by atoms with Gasteiger partial charge in [-0.15, -0.1) is 0 Å². The highest BCUT2D eigenvalue weighted by molar-refractivity contribution is 5.84. The molecule has 15 heavy (non-hydrogen) atoms. The molecule has 0 fully saturated rings. The molecule has 0 atom stereocenters. The summed E-state index contributed by atoms with van der Waals surface area (Å²) in [7, 11) is 1.68. The second-order valence-corrected chi connectivity index (χ2v) is 4.20. The van der Waals surface area contributed by atoms with Crippen LogP contribution in [0.4, 0.5) is 16.4 Å². The summed E-state index contributed by atoms with van der Waals surface area (Å²) in [4.78, 5) is 11.4. The molecule has 1 rings (SSSR count). The maximum Gasteiger partial charge on any atom is 0.413 e. The Kier molecular flexibility index (Phi) is 2.88. The van der Waals surface area contributed by atoms with Crippen LogP contribution in [0.3, 0.4) is 0 Å². The van der Waals surface area contributed by atoms with Crippen LogP contribution in [0.2, 0.25) is 0 Å². The van der Waals surface area contributed by atoms with Crippen molar-refractivity contribution in [3.05, 3.63) is 6.07 Å². The van der Waals surface area contributed by atoms with E-state index in [0.717, 1.165) is 0 Å². The lowest BCUT2D eigenvalue weighted by atomic mass is 10.2. The van der Waals surface area contributed by atoms with E-state index in [4.69, 9.17) is 10.5 Å². The molecule has 0 radical (unpaired) electrons. The van der Waals surface area contributed by atoms with Gasteiger partial charge in [-0.3, -0.25) is 10.00 Å². The number of hydrogen-bond donors (Lipinski definition) is 2. The van der Waals surface area contributed by atoms with E-state index >= 15 is 0 Å². The number of ether oxygens (including phenoxy) is 1. The fourth-order valence-corrected chi connectivity index (χ4v) is 1.01. The minimum atomic E-state index is -0.523. The second-order valence-electron chi connectivity index (χ2n) is 4.20. The maximum atomic E-state index is 11.4. The van der Waals surface area contributed by atoms with Crippen LogP contribution in [-0.4, -0.2) is 21.5 Å². The van der Waals surface area contributed by atoms with Crippen molar-refractivity contribution in [1.82, 2.24) is 9.78 Å². The van der Waals surface area contributed by atoms with E-state index in [0.29, 0.717) is 11.6 Å². The van der Waals surface area contributed by atoms with Gasteiger partial charge in [-0.2, -0.15) is 5.10 Å². The van der Waals surface area contributed by atoms with Gasteiger partial charge >= 0.3 is 6.09 Å². The first-order valence-corrected chi connectivity index (χ1v) is 4.57. The van der Waals surface area contributed by atoms with Gasteiger partial charge in [0, 0.05) is 13.1 Å². The lowest BCUT2D eigenvalue weighted by molar-refractivity contribution is 0.0634. The number of amides is 1. The Morgan fingerprint density at radius 3 is 2.60 bits per heavy atom. The number of aromatic nitrogens is 2. The molecule has 0 bridgehead atoms. The van der Waals surface area contributed by atoms with Gasteiger partial charge in [-0.05, 0) is 20.8 Å². The third kappa shape index (κ3) is 3.49. The van der Waals surface area contributed by atoms with E-state index in [1.807, 2.05) is 0 Å². The molecule has 6 nitrogen and oxygen atoms in total. The molecule has 0 aliphatic heterocycles. The van der Waals surface area contributed by atoms with Gasteiger partial charge in [0.2, 0.25) is 0 Å². The molecule has 1 aromatic heterocycles. The Bertz CT molecular complexity index is 365. The number of carbonyl (C=O) groups is 1. The quantitative estimate of drug-likeness (QED) is 0.736. The van der Waals surface area contributed by atoms with Crippen LogP contribution in [-0.2, 0) is 11.8 Å². The lowest BCUT2D eigenvalue weighted by Gasteiger charge is -2.19. The molecular weight excluding hydrogens is 196 g/mol. The molecule has 0 spiro atoms. The van der Waals surface area contributed by atoms with Crippen molar-refractivity contribution in [2.24, 2.45) is 7.05 Å². The molecule has 84 valence electrons. The summed E-state index contributed by atoms with van der Waals surface area (Å²) in [5.74, 6) is 0.852. The zero-order valence-corrected chi connectivity index (χ0v) is 9.37. The van der Waals surface area contributed by atoms with Gasteiger partial charge in [-0.1, -0.05) is 0 Å². The van der Waals surface area contributed by atoms with E-state index < -0.39 is 11.7 Å². The molecule has 0 saturated carbocycles. The van der Waals surface area contributed by atoms with E-state index in [9.17, 15) is 4.79 Å². The van der Waals surface area contributed by atoms with Crippen molar-refractivity contribution < 1.29 is 9.53 Å². The summed E-state index contributed by atoms with van der Waals surface area (Å²) in [6.45, 7) is 5.39. The number of anilines is 2. The van der Waals surface area contributed by atoms with E-state index in [1.54, 1.807) is 33.9 Å². The number of nitrogen functional groups attached to an aromatic ring is 1. The molecule has 3 N–H and O–H groups in total. The van der Waals surface area contributed by atoms with Crippen LogP contribution in [0, 0.1) is 0 Å². The van der Waals surface area contributed by atoms with Gasteiger partial charge in [-0.25, -0.2) is 4.79 Å². The first-order chi connectivity index (χ1) is 6.78. The predicted molar refractivity (Wildman–Crippen MR) is 57.5 cm³/mol. The zero-order chi connectivity index (χ0) is 11.6. The van der Waals surface area contributed by atoms with Crippen LogP contribution in [0.15, 0.2) is 6.07 Å². The third-order valence-electron chi connectivity index (χ3n) is 1.53. The second kappa shape index (κ2) is 3.80. The minimum Gasteiger partial charge on any atom is -0.444 e. The Morgan fingerprint density at radius 2 is 2.20 bits per heavy atom. The lowest BCUT2D eigenvalue weighted by Crippen LogP contribution is -2.27. The fraction of sp³-hybridized carbons (Fsp3) is 0.556. The van der Waals surface area contributed by atoms with Gasteiger partial charge in [0.05, 0.1) is 0 Å². The van der Waals surface area contributed by atoms with Crippen LogP contribution in [0.5, 0.6) is 0 Å². The number of nitrogens with one attached hydrogen (secondary N) is 1. The van der Waals surface area contributed by atoms with Crippen molar-refractivity contribution in [3.8, 4) is 0 Å². The molecule has 0 aliphatic rings. The van der Waals surface area contributed by atoms with Crippen LogP contribution >= 0.6 is 0 Å². The Labute approximate surface area is 88.4 Å². The number of carbonyl (C=O) groups excluding carboxylic acids is 1. The average molecular weight is 212 g/mol. The molecule has 1 amide bonds. The Balaban J connectivity index is 2.63. The van der Waals surface area contributed by atoms with Gasteiger partial charge < -0.3 is 10.5 Å². The maximum absolute atomic E-state index is 11.4. The van der Waals surface area contributed by atoms with Gasteiger partial charge in [0.15, 0.2) is 0 Å². The van der Waals surface area contributed by atoms with Crippen molar-refractivity contribution in [3.63, 3.8) is 0 Å². The van der Waals surface area contributed by atoms with Gasteiger partial charge in [0.1, 0.15) is 17.2 Å². The fourth-order valence-electron chi connectivity index (χ4n) is 1.01. The highest BCUT2D eigenvalue weighted by atomic mass is 16.6.